The number of rotatable bonds is 2. The van der Waals surface area contributed by atoms with Crippen LogP contribution in [-0.4, -0.2) is 22.9 Å². The van der Waals surface area contributed by atoms with Crippen LogP contribution in [0.3, 0.4) is 0 Å². The molecule has 5 nitrogen and oxygen atoms in total. The number of nitrogens with zero attached hydrogens (tertiary/aromatic N) is 4. The molecule has 2 aliphatic rings. The van der Waals surface area contributed by atoms with E-state index in [0.717, 1.165) is 28.4 Å². The lowest BCUT2D eigenvalue weighted by Crippen LogP contribution is -2.59. The Bertz CT molecular complexity index is 1320. The molecule has 2 aromatic heterocycles. The molecule has 2 aliphatic heterocycles. The molecule has 0 N–H and O–H groups in total. The van der Waals surface area contributed by atoms with E-state index in [0.29, 0.717) is 0 Å². The molecule has 0 fully saturated rings. The average molecular weight is 406 g/mol. The number of aromatic nitrogens is 1. The Kier molecular flexibility index (Phi) is 3.90. The molecule has 4 aromatic rings. The molecule has 152 valence electrons. The molecule has 6 rings (SSSR count). The number of hydrazine groups is 1. The van der Waals surface area contributed by atoms with Crippen LogP contribution < -0.4 is 15.6 Å². The summed E-state index contributed by atoms with van der Waals surface area (Å²) in [4.78, 5) is 9.46. The lowest BCUT2D eigenvalue weighted by Gasteiger charge is -2.43. The van der Waals surface area contributed by atoms with Gasteiger partial charge in [-0.3, -0.25) is 5.01 Å². The molecule has 0 bridgehead atoms. The number of pyridine rings is 1. The van der Waals surface area contributed by atoms with Gasteiger partial charge in [0.15, 0.2) is 5.82 Å². The highest BCUT2D eigenvalue weighted by Gasteiger charge is 2.44. The largest absolute Gasteiger partial charge is 0.468 e. The van der Waals surface area contributed by atoms with Crippen molar-refractivity contribution in [3.8, 4) is 0 Å². The maximum absolute atomic E-state index is 6.33. The van der Waals surface area contributed by atoms with E-state index in [1.54, 1.807) is 0 Å². The number of fused-ring (bicyclic) bond motifs is 4. The normalized spacial score (nSPS) is 17.8. The summed E-state index contributed by atoms with van der Waals surface area (Å²) in [5.41, 5.74) is 6.55. The molecule has 0 radical (unpaired) electrons. The van der Waals surface area contributed by atoms with E-state index in [9.17, 15) is 0 Å². The minimum Gasteiger partial charge on any atom is -0.468 e. The minimum absolute atomic E-state index is 0.0421. The fraction of sp³-hybridized carbons (Fsp3) is 0.160. The predicted octanol–water partition coefficient (Wildman–Crippen LogP) is 5.25. The molecule has 0 spiro atoms. The summed E-state index contributed by atoms with van der Waals surface area (Å²) < 4.78 is 6.33. The number of benzene rings is 2. The molecular formula is C25H23BN4O. The molecule has 4 heterocycles. The van der Waals surface area contributed by atoms with E-state index in [-0.39, 0.29) is 13.0 Å². The third kappa shape index (κ3) is 2.54. The van der Waals surface area contributed by atoms with Gasteiger partial charge in [0, 0.05) is 28.5 Å². The summed E-state index contributed by atoms with van der Waals surface area (Å²) >= 11 is 0. The molecule has 2 aromatic carbocycles. The van der Waals surface area contributed by atoms with Crippen molar-refractivity contribution >= 4 is 46.7 Å². The second-order valence-electron chi connectivity index (χ2n) is 8.21. The van der Waals surface area contributed by atoms with E-state index in [4.69, 9.17) is 9.40 Å². The van der Waals surface area contributed by atoms with Crippen LogP contribution >= 0.6 is 0 Å². The minimum atomic E-state index is 0.0421. The van der Waals surface area contributed by atoms with Gasteiger partial charge in [0.1, 0.15) is 17.4 Å². The summed E-state index contributed by atoms with van der Waals surface area (Å²) in [5, 5.41) is 3.47. The van der Waals surface area contributed by atoms with E-state index in [1.165, 1.54) is 16.6 Å². The van der Waals surface area contributed by atoms with Gasteiger partial charge in [-0.25, -0.2) is 4.98 Å². The lowest BCUT2D eigenvalue weighted by atomic mass is 9.58. The fourth-order valence-corrected chi connectivity index (χ4v) is 5.06. The maximum Gasteiger partial charge on any atom is 0.353 e. The predicted molar refractivity (Wildman–Crippen MR) is 128 cm³/mol. The van der Waals surface area contributed by atoms with Gasteiger partial charge in [0.05, 0.1) is 5.69 Å². The van der Waals surface area contributed by atoms with Gasteiger partial charge in [0.2, 0.25) is 0 Å². The van der Waals surface area contributed by atoms with Gasteiger partial charge >= 0.3 is 6.85 Å². The Morgan fingerprint density at radius 2 is 1.74 bits per heavy atom. The topological polar surface area (TPSA) is 35.8 Å². The molecule has 0 amide bonds. The van der Waals surface area contributed by atoms with Crippen molar-refractivity contribution in [2.45, 2.75) is 26.8 Å². The number of allylic oxidation sites excluding steroid dienone is 1. The van der Waals surface area contributed by atoms with Crippen LogP contribution in [0.4, 0.5) is 17.2 Å². The molecular weight excluding hydrogens is 383 g/mol. The van der Waals surface area contributed by atoms with Crippen LogP contribution in [0.25, 0.3) is 17.0 Å². The first kappa shape index (κ1) is 18.1. The van der Waals surface area contributed by atoms with Crippen molar-refractivity contribution in [3.63, 3.8) is 0 Å². The van der Waals surface area contributed by atoms with Gasteiger partial charge in [-0.05, 0) is 50.3 Å². The van der Waals surface area contributed by atoms with Crippen LogP contribution in [-0.2, 0) is 0 Å². The average Bonchev–Trinajstić information content (AvgIpc) is 3.30. The van der Waals surface area contributed by atoms with Crippen molar-refractivity contribution in [2.24, 2.45) is 0 Å². The van der Waals surface area contributed by atoms with Crippen molar-refractivity contribution in [3.05, 3.63) is 84.2 Å². The quantitative estimate of drug-likeness (QED) is 0.425. The van der Waals surface area contributed by atoms with Crippen molar-refractivity contribution in [1.82, 2.24) is 9.90 Å². The second-order valence-corrected chi connectivity index (χ2v) is 8.21. The number of hydrogen-bond donors (Lipinski definition) is 0. The molecule has 0 aliphatic carbocycles. The SMILES string of the molecule is CB1c2oc3ccccc3c2C=C(C)N1N1c2ncccc2N(c2ccccc2)[C@@H]1C. The zero-order valence-electron chi connectivity index (χ0n) is 17.9. The van der Waals surface area contributed by atoms with Gasteiger partial charge < -0.3 is 14.2 Å². The number of hydrogen-bond acceptors (Lipinski definition) is 5. The van der Waals surface area contributed by atoms with Crippen molar-refractivity contribution in [2.75, 3.05) is 9.91 Å². The van der Waals surface area contributed by atoms with Crippen molar-refractivity contribution < 1.29 is 4.42 Å². The molecule has 0 saturated carbocycles. The first-order valence-electron chi connectivity index (χ1n) is 10.7. The number of para-hydroxylation sites is 2. The molecule has 6 heteroatoms. The highest BCUT2D eigenvalue weighted by Crippen LogP contribution is 2.44. The summed E-state index contributed by atoms with van der Waals surface area (Å²) in [5.74, 6) is 0.956. The monoisotopic (exact) mass is 406 g/mol. The van der Waals surface area contributed by atoms with Crippen LogP contribution in [0.5, 0.6) is 0 Å². The van der Waals surface area contributed by atoms with Crippen molar-refractivity contribution in [1.29, 1.82) is 0 Å². The molecule has 1 atom stereocenters. The Morgan fingerprint density at radius 3 is 2.58 bits per heavy atom. The summed E-state index contributed by atoms with van der Waals surface area (Å²) in [7, 11) is 0. The van der Waals surface area contributed by atoms with Crippen LogP contribution in [0.2, 0.25) is 6.82 Å². The Labute approximate surface area is 182 Å². The molecule has 31 heavy (non-hydrogen) atoms. The van der Waals surface area contributed by atoms with Gasteiger partial charge in [0.25, 0.3) is 0 Å². The van der Waals surface area contributed by atoms with E-state index >= 15 is 0 Å². The zero-order chi connectivity index (χ0) is 21.1. The molecule has 0 unspecified atom stereocenters. The first-order valence-corrected chi connectivity index (χ1v) is 10.7. The number of anilines is 3. The Hall–Kier alpha value is -3.67. The molecule has 0 saturated heterocycles. The van der Waals surface area contributed by atoms with E-state index < -0.39 is 0 Å². The summed E-state index contributed by atoms with van der Waals surface area (Å²) in [6.45, 7) is 6.64. The van der Waals surface area contributed by atoms with E-state index in [2.05, 4.69) is 90.1 Å². The Balaban J connectivity index is 1.49. The first-order chi connectivity index (χ1) is 15.1. The van der Waals surface area contributed by atoms with E-state index in [1.807, 2.05) is 24.4 Å². The number of furan rings is 1. The standard InChI is InChI=1S/C25H23BN4O/c1-17-16-21-20-12-7-8-14-23(20)31-24(21)26(3)30(17)29-18(2)28(19-10-5-4-6-11-19)22-13-9-15-27-25(22)29/h4-16,18H,1-3H3/t18-/m0/s1. The summed E-state index contributed by atoms with van der Waals surface area (Å²) in [6, 6.07) is 22.9. The van der Waals surface area contributed by atoms with Crippen LogP contribution in [0.1, 0.15) is 19.4 Å². The second kappa shape index (κ2) is 6.67. The van der Waals surface area contributed by atoms with Gasteiger partial charge in [-0.2, -0.15) is 0 Å². The smallest absolute Gasteiger partial charge is 0.353 e. The van der Waals surface area contributed by atoms with Gasteiger partial charge in [-0.1, -0.05) is 43.2 Å². The maximum atomic E-state index is 6.33. The third-order valence-corrected chi connectivity index (χ3v) is 6.36. The lowest BCUT2D eigenvalue weighted by molar-refractivity contribution is 0.436. The van der Waals surface area contributed by atoms with Crippen LogP contribution in [0, 0.1) is 0 Å². The van der Waals surface area contributed by atoms with Gasteiger partial charge in [-0.15, -0.1) is 0 Å². The third-order valence-electron chi connectivity index (χ3n) is 6.36. The van der Waals surface area contributed by atoms with Crippen LogP contribution in [0.15, 0.2) is 83.0 Å². The Morgan fingerprint density at radius 1 is 0.968 bits per heavy atom. The highest BCUT2D eigenvalue weighted by molar-refractivity contribution is 6.70. The fourth-order valence-electron chi connectivity index (χ4n) is 5.06. The zero-order valence-corrected chi connectivity index (χ0v) is 17.9. The highest BCUT2D eigenvalue weighted by atomic mass is 16.3. The summed E-state index contributed by atoms with van der Waals surface area (Å²) in [6.07, 6.45) is 4.17.